The van der Waals surface area contributed by atoms with Crippen molar-refractivity contribution in [3.05, 3.63) is 70.8 Å². The van der Waals surface area contributed by atoms with Crippen molar-refractivity contribution in [1.29, 1.82) is 0 Å². The Balaban J connectivity index is 1.69. The minimum atomic E-state index is -1.24. The van der Waals surface area contributed by atoms with Crippen molar-refractivity contribution in [1.82, 2.24) is 0 Å². The Kier molecular flexibility index (Phi) is 4.80. The van der Waals surface area contributed by atoms with E-state index in [0.717, 1.165) is 5.56 Å². The number of benzene rings is 2. The highest BCUT2D eigenvalue weighted by Crippen LogP contribution is 2.25. The highest BCUT2D eigenvalue weighted by molar-refractivity contribution is 6.18. The fraction of sp³-hybridized carbons (Fsp3) is 0.238. The Morgan fingerprint density at radius 3 is 2.19 bits per heavy atom. The quantitative estimate of drug-likeness (QED) is 0.476. The van der Waals surface area contributed by atoms with Crippen LogP contribution in [0.3, 0.4) is 0 Å². The molecule has 1 saturated heterocycles. The normalized spacial score (nSPS) is 15.9. The first kappa shape index (κ1) is 17.7. The second-order valence-electron chi connectivity index (χ2n) is 6.52. The molecule has 2 aromatic carbocycles. The zero-order valence-electron chi connectivity index (χ0n) is 14.9. The zero-order valence-corrected chi connectivity index (χ0v) is 14.9. The number of aryl methyl sites for hydroxylation is 1. The minimum absolute atomic E-state index is 0.127. The fourth-order valence-corrected chi connectivity index (χ4v) is 2.54. The molecule has 0 aromatic heterocycles. The lowest BCUT2D eigenvalue weighted by molar-refractivity contribution is -0.222. The van der Waals surface area contributed by atoms with Crippen LogP contribution < -0.4 is 4.74 Å². The smallest absolute Gasteiger partial charge is 0.348 e. The van der Waals surface area contributed by atoms with Crippen LogP contribution in [0.1, 0.15) is 30.5 Å². The molecule has 0 aliphatic carbocycles. The van der Waals surface area contributed by atoms with Gasteiger partial charge in [-0.05, 0) is 41.8 Å². The molecule has 134 valence electrons. The molecule has 5 nitrogen and oxygen atoms in total. The monoisotopic (exact) mass is 352 g/mol. The van der Waals surface area contributed by atoms with Crippen molar-refractivity contribution in [2.75, 3.05) is 0 Å². The van der Waals surface area contributed by atoms with Crippen molar-refractivity contribution in [2.45, 2.75) is 33.2 Å². The van der Waals surface area contributed by atoms with Gasteiger partial charge in [0.05, 0.1) is 0 Å². The molecule has 0 atom stereocenters. The van der Waals surface area contributed by atoms with Gasteiger partial charge in [0, 0.05) is 13.8 Å². The van der Waals surface area contributed by atoms with E-state index in [1.165, 1.54) is 25.5 Å². The molecule has 0 bridgehead atoms. The molecule has 0 radical (unpaired) electrons. The van der Waals surface area contributed by atoms with Crippen LogP contribution in [0.4, 0.5) is 0 Å². The molecule has 5 heteroatoms. The molecule has 1 fully saturated rings. The van der Waals surface area contributed by atoms with E-state index in [-0.39, 0.29) is 5.57 Å². The number of esters is 2. The Labute approximate surface area is 152 Å². The van der Waals surface area contributed by atoms with Crippen LogP contribution >= 0.6 is 0 Å². The fourth-order valence-electron chi connectivity index (χ4n) is 2.54. The summed E-state index contributed by atoms with van der Waals surface area (Å²) in [6, 6.07) is 15.1. The third-order valence-corrected chi connectivity index (χ3v) is 3.96. The Hall–Kier alpha value is -3.08. The highest BCUT2D eigenvalue weighted by Gasteiger charge is 2.38. The lowest BCUT2D eigenvalue weighted by atomic mass is 10.1. The molecule has 1 aliphatic rings. The topological polar surface area (TPSA) is 61.8 Å². The number of hydrogen-bond donors (Lipinski definition) is 0. The van der Waals surface area contributed by atoms with Gasteiger partial charge in [0.2, 0.25) is 0 Å². The third-order valence-electron chi connectivity index (χ3n) is 3.96. The summed E-state index contributed by atoms with van der Waals surface area (Å²) >= 11 is 0. The van der Waals surface area contributed by atoms with Gasteiger partial charge in [-0.3, -0.25) is 0 Å². The Morgan fingerprint density at radius 1 is 0.962 bits per heavy atom. The van der Waals surface area contributed by atoms with Crippen molar-refractivity contribution in [3.8, 4) is 5.75 Å². The lowest BCUT2D eigenvalue weighted by Gasteiger charge is -2.29. The number of hydrogen-bond acceptors (Lipinski definition) is 5. The van der Waals surface area contributed by atoms with Gasteiger partial charge in [-0.25, -0.2) is 9.59 Å². The van der Waals surface area contributed by atoms with Crippen molar-refractivity contribution in [2.24, 2.45) is 0 Å². The standard InChI is InChI=1S/C21H20O5/c1-14-6-4-5-7-16(14)13-24-17-10-8-15(9-11-17)12-18-19(22)25-21(2,3)26-20(18)23/h4-12H,13H2,1-3H3. The summed E-state index contributed by atoms with van der Waals surface area (Å²) in [6.45, 7) is 5.54. The first-order valence-corrected chi connectivity index (χ1v) is 8.30. The van der Waals surface area contributed by atoms with E-state index in [0.29, 0.717) is 17.9 Å². The van der Waals surface area contributed by atoms with Crippen molar-refractivity contribution >= 4 is 18.0 Å². The van der Waals surface area contributed by atoms with Crippen molar-refractivity contribution < 1.29 is 23.8 Å². The van der Waals surface area contributed by atoms with Crippen LogP contribution in [0.5, 0.6) is 5.75 Å². The number of carbonyl (C=O) groups excluding carboxylic acids is 2. The molecule has 0 amide bonds. The van der Waals surface area contributed by atoms with E-state index >= 15 is 0 Å². The molecule has 0 unspecified atom stereocenters. The molecule has 0 saturated carbocycles. The van der Waals surface area contributed by atoms with Gasteiger partial charge in [-0.1, -0.05) is 36.4 Å². The van der Waals surface area contributed by atoms with E-state index < -0.39 is 17.7 Å². The number of rotatable bonds is 4. The molecule has 1 aliphatic heterocycles. The molecule has 0 N–H and O–H groups in total. The number of carbonyl (C=O) groups is 2. The second kappa shape index (κ2) is 7.04. The van der Waals surface area contributed by atoms with Crippen LogP contribution in [0.2, 0.25) is 0 Å². The summed E-state index contributed by atoms with van der Waals surface area (Å²) in [5.41, 5.74) is 2.84. The van der Waals surface area contributed by atoms with Crippen molar-refractivity contribution in [3.63, 3.8) is 0 Å². The number of ether oxygens (including phenoxy) is 3. The van der Waals surface area contributed by atoms with Gasteiger partial charge in [0.1, 0.15) is 17.9 Å². The van der Waals surface area contributed by atoms with Crippen LogP contribution in [0.15, 0.2) is 54.1 Å². The third kappa shape index (κ3) is 4.11. The summed E-state index contributed by atoms with van der Waals surface area (Å²) in [6.07, 6.45) is 1.45. The van der Waals surface area contributed by atoms with Gasteiger partial charge in [0.15, 0.2) is 0 Å². The largest absolute Gasteiger partial charge is 0.489 e. The van der Waals surface area contributed by atoms with Gasteiger partial charge >= 0.3 is 11.9 Å². The molecule has 0 spiro atoms. The molecule has 1 heterocycles. The highest BCUT2D eigenvalue weighted by atomic mass is 16.7. The summed E-state index contributed by atoms with van der Waals surface area (Å²) in [5.74, 6) is -1.92. The molecule has 26 heavy (non-hydrogen) atoms. The number of cyclic esters (lactones) is 2. The van der Waals surface area contributed by atoms with Crippen LogP contribution in [0, 0.1) is 6.92 Å². The minimum Gasteiger partial charge on any atom is -0.489 e. The van der Waals surface area contributed by atoms with Gasteiger partial charge in [0.25, 0.3) is 5.79 Å². The zero-order chi connectivity index (χ0) is 18.7. The summed E-state index contributed by atoms with van der Waals surface area (Å²) in [4.78, 5) is 23.9. The average molecular weight is 352 g/mol. The maximum Gasteiger partial charge on any atom is 0.348 e. The molecular weight excluding hydrogens is 332 g/mol. The van der Waals surface area contributed by atoms with E-state index in [1.807, 2.05) is 31.2 Å². The van der Waals surface area contributed by atoms with E-state index in [4.69, 9.17) is 14.2 Å². The maximum atomic E-state index is 12.0. The van der Waals surface area contributed by atoms with E-state index in [9.17, 15) is 9.59 Å². The molecular formula is C21H20O5. The summed E-state index contributed by atoms with van der Waals surface area (Å²) in [5, 5.41) is 0. The first-order valence-electron chi connectivity index (χ1n) is 8.30. The van der Waals surface area contributed by atoms with Gasteiger partial charge in [-0.2, -0.15) is 0 Å². The van der Waals surface area contributed by atoms with Gasteiger partial charge in [-0.15, -0.1) is 0 Å². The summed E-state index contributed by atoms with van der Waals surface area (Å²) in [7, 11) is 0. The van der Waals surface area contributed by atoms with Crippen LogP contribution in [-0.2, 0) is 25.7 Å². The summed E-state index contributed by atoms with van der Waals surface area (Å²) < 4.78 is 15.9. The SMILES string of the molecule is Cc1ccccc1COc1ccc(C=C2C(=O)OC(C)(C)OC2=O)cc1. The second-order valence-corrected chi connectivity index (χ2v) is 6.52. The Bertz CT molecular complexity index is 840. The van der Waals surface area contributed by atoms with Crippen LogP contribution in [0.25, 0.3) is 6.08 Å². The molecule has 2 aromatic rings. The van der Waals surface area contributed by atoms with E-state index in [2.05, 4.69) is 0 Å². The maximum absolute atomic E-state index is 12.0. The predicted molar refractivity (Wildman–Crippen MR) is 96.2 cm³/mol. The first-order chi connectivity index (χ1) is 12.3. The van der Waals surface area contributed by atoms with Crippen LogP contribution in [-0.4, -0.2) is 17.7 Å². The van der Waals surface area contributed by atoms with Gasteiger partial charge < -0.3 is 14.2 Å². The average Bonchev–Trinajstić information content (AvgIpc) is 2.58. The molecule has 3 rings (SSSR count). The lowest BCUT2D eigenvalue weighted by Crippen LogP contribution is -2.41. The predicted octanol–water partition coefficient (Wildman–Crippen LogP) is 3.79. The Morgan fingerprint density at radius 2 is 1.58 bits per heavy atom. The van der Waals surface area contributed by atoms with E-state index in [1.54, 1.807) is 24.3 Å².